The SMILES string of the molecule is COC1CCN(N=O)CC1. The van der Waals surface area contributed by atoms with E-state index in [2.05, 4.69) is 5.29 Å². The van der Waals surface area contributed by atoms with Gasteiger partial charge in [0.2, 0.25) is 0 Å². The van der Waals surface area contributed by atoms with Crippen molar-refractivity contribution in [3.05, 3.63) is 4.91 Å². The molecule has 0 amide bonds. The van der Waals surface area contributed by atoms with Crippen LogP contribution in [0.2, 0.25) is 0 Å². The topological polar surface area (TPSA) is 41.9 Å². The first-order valence-electron chi connectivity index (χ1n) is 3.48. The van der Waals surface area contributed by atoms with Gasteiger partial charge in [-0.05, 0) is 12.8 Å². The Hall–Kier alpha value is -0.640. The molecule has 1 saturated heterocycles. The summed E-state index contributed by atoms with van der Waals surface area (Å²) in [5, 5.41) is 4.38. The van der Waals surface area contributed by atoms with E-state index in [1.807, 2.05) is 0 Å². The summed E-state index contributed by atoms with van der Waals surface area (Å²) in [4.78, 5) is 9.99. The van der Waals surface area contributed by atoms with Crippen LogP contribution in [-0.2, 0) is 4.74 Å². The molecule has 0 aromatic heterocycles. The number of hydrogen-bond acceptors (Lipinski definition) is 3. The van der Waals surface area contributed by atoms with Crippen molar-refractivity contribution in [1.29, 1.82) is 0 Å². The predicted molar refractivity (Wildman–Crippen MR) is 37.4 cm³/mol. The molecule has 1 heterocycles. The predicted octanol–water partition coefficient (Wildman–Crippen LogP) is 0.779. The summed E-state index contributed by atoms with van der Waals surface area (Å²) >= 11 is 0. The van der Waals surface area contributed by atoms with Crippen LogP contribution in [0.15, 0.2) is 5.29 Å². The number of methoxy groups -OCH3 is 1. The zero-order valence-electron chi connectivity index (χ0n) is 6.12. The van der Waals surface area contributed by atoms with Crippen LogP contribution in [0.25, 0.3) is 0 Å². The lowest BCUT2D eigenvalue weighted by molar-refractivity contribution is 0.0414. The Morgan fingerprint density at radius 3 is 2.50 bits per heavy atom. The highest BCUT2D eigenvalue weighted by Gasteiger charge is 2.17. The van der Waals surface area contributed by atoms with Crippen molar-refractivity contribution in [3.63, 3.8) is 0 Å². The van der Waals surface area contributed by atoms with Gasteiger partial charge in [-0.3, -0.25) is 5.01 Å². The van der Waals surface area contributed by atoms with Gasteiger partial charge in [0.15, 0.2) is 0 Å². The molecule has 1 aliphatic heterocycles. The fourth-order valence-electron chi connectivity index (χ4n) is 1.16. The van der Waals surface area contributed by atoms with Gasteiger partial charge in [0.1, 0.15) is 0 Å². The molecule has 0 atom stereocenters. The molecule has 0 N–H and O–H groups in total. The molecule has 0 aliphatic carbocycles. The summed E-state index contributed by atoms with van der Waals surface area (Å²) in [6.07, 6.45) is 2.17. The molecule has 1 fully saturated rings. The Morgan fingerprint density at radius 2 is 2.10 bits per heavy atom. The minimum atomic E-state index is 0.331. The molecular weight excluding hydrogens is 132 g/mol. The molecule has 10 heavy (non-hydrogen) atoms. The molecule has 0 aromatic carbocycles. The van der Waals surface area contributed by atoms with Gasteiger partial charge in [-0.1, -0.05) is 0 Å². The second kappa shape index (κ2) is 3.51. The smallest absolute Gasteiger partial charge is 0.0606 e. The lowest BCUT2D eigenvalue weighted by Gasteiger charge is -2.26. The van der Waals surface area contributed by atoms with Gasteiger partial charge in [0.05, 0.1) is 11.4 Å². The highest BCUT2D eigenvalue weighted by Crippen LogP contribution is 2.12. The van der Waals surface area contributed by atoms with Crippen LogP contribution in [-0.4, -0.2) is 31.3 Å². The van der Waals surface area contributed by atoms with E-state index in [-0.39, 0.29) is 0 Å². The average Bonchev–Trinajstić information content (AvgIpc) is 2.05. The molecular formula is C6H12N2O2. The Kier molecular flexibility index (Phi) is 2.62. The maximum absolute atomic E-state index is 9.99. The minimum absolute atomic E-state index is 0.331. The van der Waals surface area contributed by atoms with Crippen molar-refractivity contribution >= 4 is 0 Å². The zero-order valence-corrected chi connectivity index (χ0v) is 6.12. The van der Waals surface area contributed by atoms with Crippen molar-refractivity contribution in [2.24, 2.45) is 5.29 Å². The van der Waals surface area contributed by atoms with E-state index >= 15 is 0 Å². The van der Waals surface area contributed by atoms with E-state index < -0.39 is 0 Å². The number of nitrogens with zero attached hydrogens (tertiary/aromatic N) is 2. The van der Waals surface area contributed by atoms with Crippen LogP contribution in [0.5, 0.6) is 0 Å². The molecule has 4 heteroatoms. The summed E-state index contributed by atoms with van der Waals surface area (Å²) in [5.74, 6) is 0. The molecule has 0 aromatic rings. The minimum Gasteiger partial charge on any atom is -0.381 e. The first-order valence-corrected chi connectivity index (χ1v) is 3.48. The highest BCUT2D eigenvalue weighted by molar-refractivity contribution is 4.68. The Bertz CT molecular complexity index is 110. The van der Waals surface area contributed by atoms with E-state index in [0.717, 1.165) is 25.9 Å². The molecule has 0 radical (unpaired) electrons. The van der Waals surface area contributed by atoms with Gasteiger partial charge >= 0.3 is 0 Å². The summed E-state index contributed by atoms with van der Waals surface area (Å²) in [6, 6.07) is 0. The van der Waals surface area contributed by atoms with Crippen molar-refractivity contribution in [3.8, 4) is 0 Å². The quantitative estimate of drug-likeness (QED) is 0.538. The first kappa shape index (κ1) is 7.47. The van der Waals surface area contributed by atoms with Crippen molar-refractivity contribution in [2.45, 2.75) is 18.9 Å². The third-order valence-corrected chi connectivity index (χ3v) is 1.87. The average molecular weight is 144 g/mol. The molecule has 1 aliphatic rings. The van der Waals surface area contributed by atoms with Gasteiger partial charge in [-0.15, -0.1) is 4.91 Å². The maximum Gasteiger partial charge on any atom is 0.0606 e. The Balaban J connectivity index is 2.23. The van der Waals surface area contributed by atoms with E-state index in [4.69, 9.17) is 4.74 Å². The van der Waals surface area contributed by atoms with Crippen molar-refractivity contribution in [1.82, 2.24) is 5.01 Å². The second-order valence-corrected chi connectivity index (χ2v) is 2.47. The van der Waals surface area contributed by atoms with Crippen LogP contribution in [0.3, 0.4) is 0 Å². The second-order valence-electron chi connectivity index (χ2n) is 2.47. The zero-order chi connectivity index (χ0) is 7.40. The summed E-state index contributed by atoms with van der Waals surface area (Å²) in [7, 11) is 1.70. The fraction of sp³-hybridized carbons (Fsp3) is 1.00. The van der Waals surface area contributed by atoms with Gasteiger partial charge in [0.25, 0.3) is 0 Å². The Morgan fingerprint density at radius 1 is 1.50 bits per heavy atom. The van der Waals surface area contributed by atoms with E-state index in [0.29, 0.717) is 6.10 Å². The van der Waals surface area contributed by atoms with E-state index in [9.17, 15) is 4.91 Å². The van der Waals surface area contributed by atoms with Crippen molar-refractivity contribution in [2.75, 3.05) is 20.2 Å². The highest BCUT2D eigenvalue weighted by atomic mass is 16.5. The number of rotatable bonds is 2. The molecule has 0 unspecified atom stereocenters. The van der Waals surface area contributed by atoms with E-state index in [1.165, 1.54) is 5.01 Å². The van der Waals surface area contributed by atoms with Crippen LogP contribution in [0, 0.1) is 4.91 Å². The number of ether oxygens (including phenoxy) is 1. The summed E-state index contributed by atoms with van der Waals surface area (Å²) in [5.41, 5.74) is 0. The number of piperidine rings is 1. The van der Waals surface area contributed by atoms with Gasteiger partial charge in [-0.25, -0.2) is 0 Å². The maximum atomic E-state index is 9.99. The first-order chi connectivity index (χ1) is 4.86. The lowest BCUT2D eigenvalue weighted by Crippen LogP contribution is -2.32. The van der Waals surface area contributed by atoms with Gasteiger partial charge in [0, 0.05) is 20.2 Å². The third kappa shape index (κ3) is 1.67. The lowest BCUT2D eigenvalue weighted by atomic mass is 10.1. The van der Waals surface area contributed by atoms with Gasteiger partial charge in [-0.2, -0.15) is 0 Å². The van der Waals surface area contributed by atoms with E-state index in [1.54, 1.807) is 7.11 Å². The molecule has 4 nitrogen and oxygen atoms in total. The largest absolute Gasteiger partial charge is 0.381 e. The normalized spacial score (nSPS) is 21.1. The molecule has 0 saturated carbocycles. The monoisotopic (exact) mass is 144 g/mol. The fourth-order valence-corrected chi connectivity index (χ4v) is 1.16. The molecule has 58 valence electrons. The standard InChI is InChI=1S/C6H12N2O2/c1-10-6-2-4-8(7-9)5-3-6/h6H,2-5H2,1H3. The van der Waals surface area contributed by atoms with Crippen LogP contribution in [0.1, 0.15) is 12.8 Å². The summed E-state index contributed by atoms with van der Waals surface area (Å²) in [6.45, 7) is 1.48. The van der Waals surface area contributed by atoms with Crippen LogP contribution >= 0.6 is 0 Å². The van der Waals surface area contributed by atoms with Gasteiger partial charge < -0.3 is 4.74 Å². The summed E-state index contributed by atoms with van der Waals surface area (Å²) < 4.78 is 5.11. The number of hydrogen-bond donors (Lipinski definition) is 0. The molecule has 1 rings (SSSR count). The Labute approximate surface area is 60.1 Å². The molecule has 0 spiro atoms. The number of nitroso groups, excluding NO2 is 1. The van der Waals surface area contributed by atoms with Crippen LogP contribution in [0.4, 0.5) is 0 Å². The van der Waals surface area contributed by atoms with Crippen molar-refractivity contribution < 1.29 is 4.74 Å². The molecule has 0 bridgehead atoms. The third-order valence-electron chi connectivity index (χ3n) is 1.87. The van der Waals surface area contributed by atoms with Crippen LogP contribution < -0.4 is 0 Å².